The fraction of sp³-hybridized carbons (Fsp3) is 0.400. The first-order chi connectivity index (χ1) is 12.4. The highest BCUT2D eigenvalue weighted by molar-refractivity contribution is 5.94. The van der Waals surface area contributed by atoms with E-state index in [1.165, 1.54) is 6.07 Å². The summed E-state index contributed by atoms with van der Waals surface area (Å²) in [5, 5.41) is 2.87. The van der Waals surface area contributed by atoms with Gasteiger partial charge in [-0.1, -0.05) is 12.1 Å². The van der Waals surface area contributed by atoms with Gasteiger partial charge in [-0.05, 0) is 51.6 Å². The number of aromatic nitrogens is 2. The minimum Gasteiger partial charge on any atom is -0.345 e. The number of carbonyl (C=O) groups excluding carboxylic acids is 1. The maximum atomic E-state index is 14.6. The third-order valence-corrected chi connectivity index (χ3v) is 4.71. The first kappa shape index (κ1) is 18.3. The zero-order valence-corrected chi connectivity index (χ0v) is 15.6. The van der Waals surface area contributed by atoms with Gasteiger partial charge < -0.3 is 14.8 Å². The fourth-order valence-electron chi connectivity index (χ4n) is 3.24. The highest BCUT2D eigenvalue weighted by atomic mass is 19.1. The summed E-state index contributed by atoms with van der Waals surface area (Å²) in [6, 6.07) is 4.94. The Balaban J connectivity index is 2.12. The van der Waals surface area contributed by atoms with Crippen LogP contribution in [0.15, 0.2) is 30.9 Å². The van der Waals surface area contributed by atoms with Gasteiger partial charge >= 0.3 is 0 Å². The summed E-state index contributed by atoms with van der Waals surface area (Å²) in [5.41, 5.74) is 2.47. The summed E-state index contributed by atoms with van der Waals surface area (Å²) in [7, 11) is 2.02. The minimum atomic E-state index is -0.318. The summed E-state index contributed by atoms with van der Waals surface area (Å²) in [4.78, 5) is 19.5. The number of nitrogens with one attached hydrogen (secondary N) is 1. The van der Waals surface area contributed by atoms with Crippen LogP contribution in [0.5, 0.6) is 0 Å². The number of aryl methyl sites for hydroxylation is 1. The van der Waals surface area contributed by atoms with Crippen molar-refractivity contribution in [1.29, 1.82) is 0 Å². The Hall–Kier alpha value is -2.47. The van der Waals surface area contributed by atoms with Crippen molar-refractivity contribution >= 4 is 5.91 Å². The van der Waals surface area contributed by atoms with Gasteiger partial charge in [0.15, 0.2) is 5.69 Å². The van der Waals surface area contributed by atoms with Gasteiger partial charge in [0.1, 0.15) is 11.6 Å². The maximum Gasteiger partial charge on any atom is 0.272 e. The van der Waals surface area contributed by atoms with Crippen LogP contribution in [0.4, 0.5) is 4.39 Å². The van der Waals surface area contributed by atoms with Gasteiger partial charge in [-0.25, -0.2) is 9.37 Å². The van der Waals surface area contributed by atoms with Crippen molar-refractivity contribution in [2.24, 2.45) is 0 Å². The van der Waals surface area contributed by atoms with Gasteiger partial charge in [0.2, 0.25) is 0 Å². The van der Waals surface area contributed by atoms with Gasteiger partial charge in [-0.15, -0.1) is 6.58 Å². The first-order valence-electron chi connectivity index (χ1n) is 8.88. The molecule has 0 spiro atoms. The third kappa shape index (κ3) is 3.55. The molecule has 0 fully saturated rings. The second-order valence-electron chi connectivity index (χ2n) is 6.95. The summed E-state index contributed by atoms with van der Waals surface area (Å²) in [6.45, 7) is 9.63. The number of halogens is 1. The lowest BCUT2D eigenvalue weighted by Crippen LogP contribution is -2.32. The Morgan fingerprint density at radius 1 is 1.42 bits per heavy atom. The zero-order valence-electron chi connectivity index (χ0n) is 15.6. The van der Waals surface area contributed by atoms with Crippen LogP contribution in [0, 0.1) is 12.7 Å². The Labute approximate surface area is 153 Å². The number of hydrogen-bond donors (Lipinski definition) is 1. The average molecular weight is 356 g/mol. The summed E-state index contributed by atoms with van der Waals surface area (Å²) in [5.74, 6) is -0.0544. The third-order valence-electron chi connectivity index (χ3n) is 4.71. The number of imidazole rings is 1. The molecule has 6 heteroatoms. The first-order valence-corrected chi connectivity index (χ1v) is 8.88. The summed E-state index contributed by atoms with van der Waals surface area (Å²) >= 11 is 0. The SMILES string of the molecule is C=CC(C)NC(=O)c1nc(-c2ccc(C)cc2F)n2c1CN(C)CCC2. The highest BCUT2D eigenvalue weighted by Crippen LogP contribution is 2.28. The number of fused-ring (bicyclic) bond motifs is 1. The Morgan fingerprint density at radius 3 is 2.88 bits per heavy atom. The molecule has 0 saturated carbocycles. The quantitative estimate of drug-likeness (QED) is 0.857. The van der Waals surface area contributed by atoms with Crippen LogP contribution in [-0.4, -0.2) is 40.0 Å². The number of rotatable bonds is 4. The van der Waals surface area contributed by atoms with Gasteiger partial charge in [0.05, 0.1) is 11.3 Å². The van der Waals surface area contributed by atoms with Crippen molar-refractivity contribution in [3.63, 3.8) is 0 Å². The van der Waals surface area contributed by atoms with Crippen molar-refractivity contribution in [2.75, 3.05) is 13.6 Å². The number of benzene rings is 1. The van der Waals surface area contributed by atoms with Crippen LogP contribution < -0.4 is 5.32 Å². The molecule has 1 aliphatic rings. The second kappa shape index (κ2) is 7.41. The van der Waals surface area contributed by atoms with Crippen LogP contribution in [0.25, 0.3) is 11.4 Å². The van der Waals surface area contributed by atoms with E-state index >= 15 is 0 Å². The van der Waals surface area contributed by atoms with Crippen molar-refractivity contribution in [1.82, 2.24) is 19.8 Å². The van der Waals surface area contributed by atoms with Crippen LogP contribution in [0.3, 0.4) is 0 Å². The molecule has 3 rings (SSSR count). The molecular formula is C20H25FN4O. The van der Waals surface area contributed by atoms with E-state index < -0.39 is 0 Å². The number of nitrogens with zero attached hydrogens (tertiary/aromatic N) is 3. The molecule has 1 aromatic carbocycles. The van der Waals surface area contributed by atoms with E-state index in [1.54, 1.807) is 12.1 Å². The summed E-state index contributed by atoms with van der Waals surface area (Å²) in [6.07, 6.45) is 2.59. The number of amides is 1. The molecule has 0 saturated heterocycles. The van der Waals surface area contributed by atoms with E-state index in [9.17, 15) is 9.18 Å². The van der Waals surface area contributed by atoms with Crippen molar-refractivity contribution < 1.29 is 9.18 Å². The molecule has 0 aliphatic carbocycles. The standard InChI is InChI=1S/C20H25FN4O/c1-5-14(3)22-20(26)18-17-12-24(4)9-6-10-25(17)19(23-18)15-8-7-13(2)11-16(15)21/h5,7-8,11,14H,1,6,9-10,12H2,2-4H3,(H,22,26). The van der Waals surface area contributed by atoms with Gasteiger partial charge in [0.25, 0.3) is 5.91 Å². The molecule has 1 aliphatic heterocycles. The molecule has 0 bridgehead atoms. The van der Waals surface area contributed by atoms with E-state index in [1.807, 2.05) is 31.5 Å². The lowest BCUT2D eigenvalue weighted by atomic mass is 10.1. The predicted molar refractivity (Wildman–Crippen MR) is 100 cm³/mol. The molecule has 1 unspecified atom stereocenters. The van der Waals surface area contributed by atoms with Crippen LogP contribution >= 0.6 is 0 Å². The molecule has 2 heterocycles. The van der Waals surface area contributed by atoms with E-state index in [4.69, 9.17) is 0 Å². The van der Waals surface area contributed by atoms with Crippen LogP contribution in [0.1, 0.15) is 35.1 Å². The Bertz CT molecular complexity index is 843. The van der Waals surface area contributed by atoms with Crippen molar-refractivity contribution in [3.05, 3.63) is 53.6 Å². The minimum absolute atomic E-state index is 0.164. The van der Waals surface area contributed by atoms with E-state index in [0.29, 0.717) is 30.2 Å². The monoisotopic (exact) mass is 356 g/mol. The van der Waals surface area contributed by atoms with Crippen molar-refractivity contribution in [2.45, 2.75) is 39.4 Å². The van der Waals surface area contributed by atoms with Gasteiger partial charge in [-0.2, -0.15) is 0 Å². The summed E-state index contributed by atoms with van der Waals surface area (Å²) < 4.78 is 16.6. The molecule has 138 valence electrons. The Kier molecular flexibility index (Phi) is 5.23. The lowest BCUT2D eigenvalue weighted by Gasteiger charge is -2.14. The van der Waals surface area contributed by atoms with Crippen LogP contribution in [0.2, 0.25) is 0 Å². The molecule has 5 nitrogen and oxygen atoms in total. The molecule has 1 atom stereocenters. The number of hydrogen-bond acceptors (Lipinski definition) is 3. The van der Waals surface area contributed by atoms with Gasteiger partial charge in [0, 0.05) is 19.1 Å². The van der Waals surface area contributed by atoms with E-state index in [-0.39, 0.29) is 17.8 Å². The Morgan fingerprint density at radius 2 is 2.19 bits per heavy atom. The molecule has 26 heavy (non-hydrogen) atoms. The van der Waals surface area contributed by atoms with Crippen molar-refractivity contribution in [3.8, 4) is 11.4 Å². The van der Waals surface area contributed by atoms with E-state index in [2.05, 4.69) is 21.8 Å². The largest absolute Gasteiger partial charge is 0.345 e. The lowest BCUT2D eigenvalue weighted by molar-refractivity contribution is 0.0940. The molecule has 1 amide bonds. The highest BCUT2D eigenvalue weighted by Gasteiger charge is 2.27. The molecular weight excluding hydrogens is 331 g/mol. The molecule has 1 aromatic heterocycles. The predicted octanol–water partition coefficient (Wildman–Crippen LogP) is 3.14. The smallest absolute Gasteiger partial charge is 0.272 e. The fourth-order valence-corrected chi connectivity index (χ4v) is 3.24. The van der Waals surface area contributed by atoms with Gasteiger partial charge in [-0.3, -0.25) is 4.79 Å². The molecule has 2 aromatic rings. The van der Waals surface area contributed by atoms with Crippen LogP contribution in [-0.2, 0) is 13.1 Å². The molecule has 1 N–H and O–H groups in total. The second-order valence-corrected chi connectivity index (χ2v) is 6.95. The zero-order chi connectivity index (χ0) is 18.8. The number of carbonyl (C=O) groups is 1. The normalized spacial score (nSPS) is 15.8. The average Bonchev–Trinajstić information content (AvgIpc) is 2.81. The topological polar surface area (TPSA) is 50.2 Å². The van der Waals surface area contributed by atoms with E-state index in [0.717, 1.165) is 24.2 Å². The molecule has 0 radical (unpaired) electrons. The maximum absolute atomic E-state index is 14.6.